The SMILES string of the molecule is CCCC(C)N(C)c1ccc(C(=N)N)cc1Cl. The van der Waals surface area contributed by atoms with Crippen molar-refractivity contribution in [2.45, 2.75) is 32.7 Å². The Balaban J connectivity index is 2.95. The van der Waals surface area contributed by atoms with Crippen molar-refractivity contribution in [2.75, 3.05) is 11.9 Å². The molecule has 0 saturated carbocycles. The van der Waals surface area contributed by atoms with E-state index >= 15 is 0 Å². The first kappa shape index (κ1) is 13.8. The molecule has 0 aliphatic rings. The monoisotopic (exact) mass is 253 g/mol. The third-order valence-electron chi connectivity index (χ3n) is 3.01. The van der Waals surface area contributed by atoms with Crippen LogP contribution in [0.3, 0.4) is 0 Å². The lowest BCUT2D eigenvalue weighted by Gasteiger charge is -2.27. The molecular formula is C13H20ClN3. The van der Waals surface area contributed by atoms with Crippen LogP contribution in [0.25, 0.3) is 0 Å². The zero-order valence-electron chi connectivity index (χ0n) is 10.6. The summed E-state index contributed by atoms with van der Waals surface area (Å²) in [6.45, 7) is 4.35. The predicted octanol–water partition coefficient (Wildman–Crippen LogP) is 3.25. The molecule has 0 radical (unpaired) electrons. The molecule has 0 aromatic heterocycles. The van der Waals surface area contributed by atoms with Crippen molar-refractivity contribution < 1.29 is 0 Å². The minimum absolute atomic E-state index is 0.0442. The van der Waals surface area contributed by atoms with Gasteiger partial charge in [0.1, 0.15) is 5.84 Å². The molecule has 1 aromatic carbocycles. The summed E-state index contributed by atoms with van der Waals surface area (Å²) in [6, 6.07) is 5.94. The third kappa shape index (κ3) is 3.37. The second kappa shape index (κ2) is 5.92. The fourth-order valence-corrected chi connectivity index (χ4v) is 2.12. The molecule has 17 heavy (non-hydrogen) atoms. The Morgan fingerprint density at radius 2 is 2.18 bits per heavy atom. The van der Waals surface area contributed by atoms with Crippen LogP contribution < -0.4 is 10.6 Å². The van der Waals surface area contributed by atoms with Crippen molar-refractivity contribution in [3.05, 3.63) is 28.8 Å². The molecule has 3 N–H and O–H groups in total. The quantitative estimate of drug-likeness (QED) is 0.625. The zero-order chi connectivity index (χ0) is 13.0. The molecule has 4 heteroatoms. The van der Waals surface area contributed by atoms with Gasteiger partial charge in [-0.15, -0.1) is 0 Å². The summed E-state index contributed by atoms with van der Waals surface area (Å²) in [4.78, 5) is 2.16. The molecule has 0 aliphatic heterocycles. The van der Waals surface area contributed by atoms with Gasteiger partial charge >= 0.3 is 0 Å². The average Bonchev–Trinajstić information content (AvgIpc) is 2.28. The Morgan fingerprint density at radius 3 is 2.65 bits per heavy atom. The van der Waals surface area contributed by atoms with Crippen molar-refractivity contribution in [2.24, 2.45) is 5.73 Å². The highest BCUT2D eigenvalue weighted by Crippen LogP contribution is 2.28. The van der Waals surface area contributed by atoms with Gasteiger partial charge in [-0.2, -0.15) is 0 Å². The summed E-state index contributed by atoms with van der Waals surface area (Å²) in [7, 11) is 2.04. The molecule has 94 valence electrons. The number of hydrogen-bond donors (Lipinski definition) is 2. The molecule has 1 atom stereocenters. The van der Waals surface area contributed by atoms with E-state index in [0.29, 0.717) is 16.6 Å². The molecule has 1 unspecified atom stereocenters. The number of rotatable bonds is 5. The van der Waals surface area contributed by atoms with Crippen molar-refractivity contribution >= 4 is 23.1 Å². The van der Waals surface area contributed by atoms with Crippen LogP contribution >= 0.6 is 11.6 Å². The smallest absolute Gasteiger partial charge is 0.122 e. The number of anilines is 1. The summed E-state index contributed by atoms with van der Waals surface area (Å²) >= 11 is 6.22. The summed E-state index contributed by atoms with van der Waals surface area (Å²) in [5, 5.41) is 8.01. The normalized spacial score (nSPS) is 12.2. The number of nitrogens with zero attached hydrogens (tertiary/aromatic N) is 1. The zero-order valence-corrected chi connectivity index (χ0v) is 11.4. The summed E-state index contributed by atoms with van der Waals surface area (Å²) in [5.41, 5.74) is 7.07. The van der Waals surface area contributed by atoms with Crippen LogP contribution in [0.15, 0.2) is 18.2 Å². The lowest BCUT2D eigenvalue weighted by atomic mass is 10.1. The first-order chi connectivity index (χ1) is 7.97. The maximum Gasteiger partial charge on any atom is 0.122 e. The van der Waals surface area contributed by atoms with Crippen LogP contribution in [0.1, 0.15) is 32.3 Å². The molecular weight excluding hydrogens is 234 g/mol. The van der Waals surface area contributed by atoms with Crippen LogP contribution in [0.2, 0.25) is 5.02 Å². The number of hydrogen-bond acceptors (Lipinski definition) is 2. The van der Waals surface area contributed by atoms with Crippen LogP contribution in [0.4, 0.5) is 5.69 Å². The Morgan fingerprint density at radius 1 is 1.53 bits per heavy atom. The molecule has 0 fully saturated rings. The molecule has 0 bridgehead atoms. The number of amidine groups is 1. The number of nitrogens with one attached hydrogen (secondary N) is 1. The fourth-order valence-electron chi connectivity index (χ4n) is 1.81. The van der Waals surface area contributed by atoms with Gasteiger partial charge in [0.05, 0.1) is 10.7 Å². The summed E-state index contributed by atoms with van der Waals surface area (Å²) < 4.78 is 0. The van der Waals surface area contributed by atoms with Crippen molar-refractivity contribution in [3.63, 3.8) is 0 Å². The van der Waals surface area contributed by atoms with E-state index < -0.39 is 0 Å². The van der Waals surface area contributed by atoms with Gasteiger partial charge in [0.15, 0.2) is 0 Å². The van der Waals surface area contributed by atoms with E-state index in [4.69, 9.17) is 22.7 Å². The fraction of sp³-hybridized carbons (Fsp3) is 0.462. The van der Waals surface area contributed by atoms with Crippen LogP contribution in [0, 0.1) is 5.41 Å². The Kier molecular flexibility index (Phi) is 4.82. The Bertz CT molecular complexity index is 404. The Labute approximate surface area is 108 Å². The van der Waals surface area contributed by atoms with Gasteiger partial charge in [0.2, 0.25) is 0 Å². The lowest BCUT2D eigenvalue weighted by molar-refractivity contribution is 0.616. The van der Waals surface area contributed by atoms with Crippen molar-refractivity contribution in [1.29, 1.82) is 5.41 Å². The van der Waals surface area contributed by atoms with Gasteiger partial charge in [0, 0.05) is 18.7 Å². The highest BCUT2D eigenvalue weighted by atomic mass is 35.5. The number of halogens is 1. The van der Waals surface area contributed by atoms with E-state index in [-0.39, 0.29) is 5.84 Å². The first-order valence-corrected chi connectivity index (χ1v) is 6.22. The van der Waals surface area contributed by atoms with Crippen molar-refractivity contribution in [3.8, 4) is 0 Å². The second-order valence-corrected chi connectivity index (χ2v) is 4.74. The molecule has 1 rings (SSSR count). The molecule has 0 spiro atoms. The van der Waals surface area contributed by atoms with Crippen molar-refractivity contribution in [1.82, 2.24) is 0 Å². The van der Waals surface area contributed by atoms with E-state index in [9.17, 15) is 0 Å². The molecule has 0 amide bonds. The second-order valence-electron chi connectivity index (χ2n) is 4.33. The van der Waals surface area contributed by atoms with E-state index in [2.05, 4.69) is 18.7 Å². The first-order valence-electron chi connectivity index (χ1n) is 5.84. The van der Waals surface area contributed by atoms with Gasteiger partial charge in [-0.25, -0.2) is 0 Å². The van der Waals surface area contributed by atoms with E-state index in [1.165, 1.54) is 0 Å². The highest BCUT2D eigenvalue weighted by molar-refractivity contribution is 6.33. The topological polar surface area (TPSA) is 53.1 Å². The molecule has 3 nitrogen and oxygen atoms in total. The molecule has 1 aromatic rings. The van der Waals surface area contributed by atoms with Gasteiger partial charge in [-0.1, -0.05) is 24.9 Å². The van der Waals surface area contributed by atoms with Gasteiger partial charge in [0.25, 0.3) is 0 Å². The minimum atomic E-state index is 0.0442. The van der Waals surface area contributed by atoms with Crippen LogP contribution in [-0.4, -0.2) is 18.9 Å². The summed E-state index contributed by atoms with van der Waals surface area (Å²) in [6.07, 6.45) is 2.27. The van der Waals surface area contributed by atoms with E-state index in [1.807, 2.05) is 19.2 Å². The van der Waals surface area contributed by atoms with Crippen LogP contribution in [0.5, 0.6) is 0 Å². The third-order valence-corrected chi connectivity index (χ3v) is 3.31. The standard InChI is InChI=1S/C13H20ClN3/c1-4-5-9(2)17(3)12-7-6-10(13(15)16)8-11(12)14/h6-9H,4-5H2,1-3H3,(H3,15,16). The van der Waals surface area contributed by atoms with E-state index in [1.54, 1.807) is 6.07 Å². The summed E-state index contributed by atoms with van der Waals surface area (Å²) in [5.74, 6) is 0.0442. The molecule has 0 saturated heterocycles. The maximum atomic E-state index is 7.37. The predicted molar refractivity (Wildman–Crippen MR) is 75.2 cm³/mol. The van der Waals surface area contributed by atoms with Gasteiger partial charge in [-0.05, 0) is 31.5 Å². The number of nitrogens with two attached hydrogens (primary N) is 1. The van der Waals surface area contributed by atoms with Crippen LogP contribution in [-0.2, 0) is 0 Å². The number of nitrogen functional groups attached to an aromatic ring is 1. The number of benzene rings is 1. The Hall–Kier alpha value is -1.22. The maximum absolute atomic E-state index is 7.37. The van der Waals surface area contributed by atoms with Gasteiger partial charge in [-0.3, -0.25) is 5.41 Å². The largest absolute Gasteiger partial charge is 0.384 e. The van der Waals surface area contributed by atoms with E-state index in [0.717, 1.165) is 18.5 Å². The highest BCUT2D eigenvalue weighted by Gasteiger charge is 2.13. The average molecular weight is 254 g/mol. The molecule has 0 heterocycles. The lowest BCUT2D eigenvalue weighted by Crippen LogP contribution is -2.28. The molecule has 0 aliphatic carbocycles. The van der Waals surface area contributed by atoms with Gasteiger partial charge < -0.3 is 10.6 Å². The minimum Gasteiger partial charge on any atom is -0.384 e.